The molecule has 0 saturated heterocycles. The fourth-order valence-electron chi connectivity index (χ4n) is 1.33. The van der Waals surface area contributed by atoms with E-state index in [-0.39, 0.29) is 5.56 Å². The maximum Gasteiger partial charge on any atom is 0.337 e. The summed E-state index contributed by atoms with van der Waals surface area (Å²) in [6.07, 6.45) is 3.24. The number of hydrogen-bond acceptors (Lipinski definition) is 3. The van der Waals surface area contributed by atoms with Crippen molar-refractivity contribution in [2.45, 2.75) is 6.92 Å². The normalized spacial score (nSPS) is 10.4. The molecular formula is C10H8N2O2. The van der Waals surface area contributed by atoms with Crippen LogP contribution in [0.25, 0.3) is 10.9 Å². The molecule has 2 rings (SSSR count). The van der Waals surface area contributed by atoms with E-state index in [2.05, 4.69) is 9.97 Å². The minimum Gasteiger partial charge on any atom is -0.478 e. The number of carboxylic acids is 1. The largest absolute Gasteiger partial charge is 0.478 e. The van der Waals surface area contributed by atoms with Crippen molar-refractivity contribution in [3.8, 4) is 0 Å². The van der Waals surface area contributed by atoms with Crippen molar-refractivity contribution in [1.29, 1.82) is 0 Å². The third-order valence-electron chi connectivity index (χ3n) is 2.04. The zero-order valence-corrected chi connectivity index (χ0v) is 7.56. The maximum absolute atomic E-state index is 10.8. The molecule has 70 valence electrons. The first kappa shape index (κ1) is 8.62. The zero-order valence-electron chi connectivity index (χ0n) is 7.56. The number of hydrogen-bond donors (Lipinski definition) is 1. The fourth-order valence-corrected chi connectivity index (χ4v) is 1.33. The molecule has 14 heavy (non-hydrogen) atoms. The molecule has 2 aromatic heterocycles. The molecule has 2 aromatic rings. The predicted octanol–water partition coefficient (Wildman–Crippen LogP) is 1.64. The Balaban J connectivity index is 2.77. The maximum atomic E-state index is 10.8. The van der Waals surface area contributed by atoms with Gasteiger partial charge in [0.05, 0.1) is 16.8 Å². The van der Waals surface area contributed by atoms with E-state index in [4.69, 9.17) is 5.11 Å². The topological polar surface area (TPSA) is 63.1 Å². The number of rotatable bonds is 1. The second-order valence-corrected chi connectivity index (χ2v) is 2.99. The molecule has 0 fully saturated rings. The average Bonchev–Trinajstić information content (AvgIpc) is 2.16. The highest BCUT2D eigenvalue weighted by atomic mass is 16.4. The first-order valence-electron chi connectivity index (χ1n) is 4.13. The molecule has 4 nitrogen and oxygen atoms in total. The Hall–Kier alpha value is -1.97. The average molecular weight is 188 g/mol. The Bertz CT molecular complexity index is 508. The van der Waals surface area contributed by atoms with E-state index in [1.807, 2.05) is 0 Å². The van der Waals surface area contributed by atoms with E-state index < -0.39 is 5.97 Å². The molecule has 1 N–H and O–H groups in total. The highest BCUT2D eigenvalue weighted by molar-refractivity contribution is 5.93. The van der Waals surface area contributed by atoms with Crippen molar-refractivity contribution in [2.75, 3.05) is 0 Å². The minimum atomic E-state index is -0.958. The lowest BCUT2D eigenvalue weighted by Gasteiger charge is -2.02. The number of nitrogens with zero attached hydrogens (tertiary/aromatic N) is 2. The second-order valence-electron chi connectivity index (χ2n) is 2.99. The molecule has 0 unspecified atom stereocenters. The summed E-state index contributed by atoms with van der Waals surface area (Å²) in [6.45, 7) is 1.68. The van der Waals surface area contributed by atoms with Crippen LogP contribution in [0.3, 0.4) is 0 Å². The summed E-state index contributed by atoms with van der Waals surface area (Å²) < 4.78 is 0. The fraction of sp³-hybridized carbons (Fsp3) is 0.100. The molecule has 0 aliphatic carbocycles. The van der Waals surface area contributed by atoms with Gasteiger partial charge in [-0.2, -0.15) is 0 Å². The van der Waals surface area contributed by atoms with Crippen molar-refractivity contribution in [3.63, 3.8) is 0 Å². The molecule has 0 bridgehead atoms. The van der Waals surface area contributed by atoms with Crippen molar-refractivity contribution in [3.05, 3.63) is 35.8 Å². The van der Waals surface area contributed by atoms with Crippen LogP contribution in [-0.4, -0.2) is 21.0 Å². The second kappa shape index (κ2) is 3.06. The van der Waals surface area contributed by atoms with Gasteiger partial charge in [-0.3, -0.25) is 9.97 Å². The van der Waals surface area contributed by atoms with Gasteiger partial charge in [-0.25, -0.2) is 4.79 Å². The summed E-state index contributed by atoms with van der Waals surface area (Å²) in [5, 5.41) is 9.61. The Morgan fingerprint density at radius 1 is 1.50 bits per heavy atom. The van der Waals surface area contributed by atoms with Crippen LogP contribution in [0.4, 0.5) is 0 Å². The van der Waals surface area contributed by atoms with Gasteiger partial charge in [0.15, 0.2) is 0 Å². The van der Waals surface area contributed by atoms with Crippen molar-refractivity contribution in [1.82, 2.24) is 9.97 Å². The Labute approximate surface area is 80.2 Å². The van der Waals surface area contributed by atoms with E-state index in [0.29, 0.717) is 5.69 Å². The molecule has 0 saturated carbocycles. The molecule has 0 amide bonds. The smallest absolute Gasteiger partial charge is 0.337 e. The molecule has 0 aliphatic heterocycles. The van der Waals surface area contributed by atoms with Gasteiger partial charge in [-0.05, 0) is 19.1 Å². The summed E-state index contributed by atoms with van der Waals surface area (Å²) in [4.78, 5) is 18.9. The minimum absolute atomic E-state index is 0.227. The van der Waals surface area contributed by atoms with Crippen LogP contribution in [0.1, 0.15) is 16.1 Å². The van der Waals surface area contributed by atoms with Gasteiger partial charge in [-0.1, -0.05) is 0 Å². The monoisotopic (exact) mass is 188 g/mol. The van der Waals surface area contributed by atoms with Gasteiger partial charge in [0, 0.05) is 17.8 Å². The molecule has 0 aliphatic rings. The van der Waals surface area contributed by atoms with E-state index >= 15 is 0 Å². The van der Waals surface area contributed by atoms with Crippen LogP contribution >= 0.6 is 0 Å². The summed E-state index contributed by atoms with van der Waals surface area (Å²) in [7, 11) is 0. The number of carbonyl (C=O) groups is 1. The molecule has 0 radical (unpaired) electrons. The summed E-state index contributed by atoms with van der Waals surface area (Å²) >= 11 is 0. The van der Waals surface area contributed by atoms with E-state index in [0.717, 1.165) is 10.9 Å². The predicted molar refractivity (Wildman–Crippen MR) is 51.2 cm³/mol. The Kier molecular flexibility index (Phi) is 1.89. The zero-order chi connectivity index (χ0) is 10.1. The highest BCUT2D eigenvalue weighted by Gasteiger charge is 2.09. The van der Waals surface area contributed by atoms with E-state index in [9.17, 15) is 4.79 Å². The van der Waals surface area contributed by atoms with Crippen LogP contribution in [-0.2, 0) is 0 Å². The van der Waals surface area contributed by atoms with Gasteiger partial charge >= 0.3 is 5.97 Å². The Morgan fingerprint density at radius 2 is 2.29 bits per heavy atom. The lowest BCUT2D eigenvalue weighted by molar-refractivity contribution is 0.0696. The summed E-state index contributed by atoms with van der Waals surface area (Å²) in [5.41, 5.74) is 1.52. The number of carboxylic acid groups (broad SMARTS) is 1. The van der Waals surface area contributed by atoms with Gasteiger partial charge < -0.3 is 5.11 Å². The van der Waals surface area contributed by atoms with Crippen LogP contribution in [0.5, 0.6) is 0 Å². The summed E-state index contributed by atoms with van der Waals surface area (Å²) in [6, 6.07) is 3.35. The van der Waals surface area contributed by atoms with Gasteiger partial charge in [-0.15, -0.1) is 0 Å². The molecule has 4 heteroatoms. The third kappa shape index (κ3) is 1.31. The van der Waals surface area contributed by atoms with Crippen molar-refractivity contribution >= 4 is 16.9 Å². The number of aromatic nitrogens is 2. The number of aromatic carboxylic acids is 1. The summed E-state index contributed by atoms with van der Waals surface area (Å²) in [5.74, 6) is -0.958. The van der Waals surface area contributed by atoms with Crippen molar-refractivity contribution < 1.29 is 9.90 Å². The van der Waals surface area contributed by atoms with E-state index in [1.165, 1.54) is 0 Å². The van der Waals surface area contributed by atoms with Gasteiger partial charge in [0.1, 0.15) is 0 Å². The first-order chi connectivity index (χ1) is 6.68. The molecular weight excluding hydrogens is 180 g/mol. The van der Waals surface area contributed by atoms with Gasteiger partial charge in [0.25, 0.3) is 0 Å². The van der Waals surface area contributed by atoms with Gasteiger partial charge in [0.2, 0.25) is 0 Å². The van der Waals surface area contributed by atoms with E-state index in [1.54, 1.807) is 31.5 Å². The first-order valence-corrected chi connectivity index (χ1v) is 4.13. The third-order valence-corrected chi connectivity index (χ3v) is 2.04. The number of aryl methyl sites for hydroxylation is 1. The Morgan fingerprint density at radius 3 is 3.00 bits per heavy atom. The van der Waals surface area contributed by atoms with Crippen LogP contribution < -0.4 is 0 Å². The standard InChI is InChI=1S/C10H8N2O2/c1-6-8(10(13)14)4-7-5-11-3-2-9(7)12-6/h2-5H,1H3,(H,13,14). The van der Waals surface area contributed by atoms with Crippen LogP contribution in [0.2, 0.25) is 0 Å². The lowest BCUT2D eigenvalue weighted by atomic mass is 10.1. The number of fused-ring (bicyclic) bond motifs is 1. The quantitative estimate of drug-likeness (QED) is 0.738. The molecule has 0 aromatic carbocycles. The van der Waals surface area contributed by atoms with Crippen molar-refractivity contribution in [2.24, 2.45) is 0 Å². The molecule has 0 spiro atoms. The lowest BCUT2D eigenvalue weighted by Crippen LogP contribution is -2.01. The number of pyridine rings is 2. The SMILES string of the molecule is Cc1nc2ccncc2cc1C(=O)O. The molecule has 0 atom stereocenters. The highest BCUT2D eigenvalue weighted by Crippen LogP contribution is 2.14. The van der Waals surface area contributed by atoms with Crippen LogP contribution in [0.15, 0.2) is 24.5 Å². The van der Waals surface area contributed by atoms with Crippen LogP contribution in [0, 0.1) is 6.92 Å². The molecule has 2 heterocycles.